The second-order valence-corrected chi connectivity index (χ2v) is 4.83. The molecule has 7 heteroatoms. The Kier molecular flexibility index (Phi) is 5.80. The van der Waals surface area contributed by atoms with Crippen LogP contribution in [0.25, 0.3) is 11.4 Å². The van der Waals surface area contributed by atoms with Gasteiger partial charge in [0.25, 0.3) is 0 Å². The average molecular weight is 316 g/mol. The van der Waals surface area contributed by atoms with Gasteiger partial charge in [0.05, 0.1) is 0 Å². The van der Waals surface area contributed by atoms with E-state index in [0.29, 0.717) is 11.9 Å². The maximum atomic E-state index is 5.73. The van der Waals surface area contributed by atoms with Crippen LogP contribution in [0.3, 0.4) is 0 Å². The van der Waals surface area contributed by atoms with Gasteiger partial charge in [-0.1, -0.05) is 0 Å². The van der Waals surface area contributed by atoms with E-state index in [4.69, 9.17) is 5.73 Å². The largest absolute Gasteiger partial charge is 0.384 e. The molecule has 1 fully saturated rings. The first-order valence-corrected chi connectivity index (χ1v) is 6.17. The fourth-order valence-electron chi connectivity index (χ4n) is 2.56. The highest BCUT2D eigenvalue weighted by Gasteiger charge is 2.23. The number of nitrogens with zero attached hydrogens (tertiary/aromatic N) is 4. The van der Waals surface area contributed by atoms with Crippen LogP contribution in [0.5, 0.6) is 0 Å². The number of nitrogen functional groups attached to an aromatic ring is 1. The minimum Gasteiger partial charge on any atom is -0.384 e. The number of imidazole rings is 1. The highest BCUT2D eigenvalue weighted by atomic mass is 35.5. The monoisotopic (exact) mass is 315 g/mol. The van der Waals surface area contributed by atoms with Crippen LogP contribution in [0.2, 0.25) is 0 Å². The van der Waals surface area contributed by atoms with Gasteiger partial charge in [0.15, 0.2) is 0 Å². The number of pyridine rings is 1. The van der Waals surface area contributed by atoms with Crippen LogP contribution in [0, 0.1) is 0 Å². The van der Waals surface area contributed by atoms with Crippen molar-refractivity contribution < 1.29 is 0 Å². The molecule has 2 aromatic heterocycles. The van der Waals surface area contributed by atoms with Crippen LogP contribution in [0.1, 0.15) is 12.5 Å². The van der Waals surface area contributed by atoms with E-state index in [1.54, 1.807) is 6.20 Å². The second kappa shape index (κ2) is 6.92. The summed E-state index contributed by atoms with van der Waals surface area (Å²) in [5.74, 6) is 1.51. The summed E-state index contributed by atoms with van der Waals surface area (Å²) in [5.41, 5.74) is 6.76. The van der Waals surface area contributed by atoms with E-state index in [1.807, 2.05) is 18.3 Å². The highest BCUT2D eigenvalue weighted by molar-refractivity contribution is 5.85. The van der Waals surface area contributed by atoms with Gasteiger partial charge in [-0.2, -0.15) is 0 Å². The molecule has 2 aromatic rings. The molecule has 0 amide bonds. The van der Waals surface area contributed by atoms with E-state index in [0.717, 1.165) is 24.5 Å². The van der Waals surface area contributed by atoms with Crippen molar-refractivity contribution >= 4 is 30.6 Å². The van der Waals surface area contributed by atoms with Crippen molar-refractivity contribution in [3.63, 3.8) is 0 Å². The molecule has 0 saturated carbocycles. The third-order valence-corrected chi connectivity index (χ3v) is 3.47. The van der Waals surface area contributed by atoms with E-state index < -0.39 is 0 Å². The molecule has 0 aromatic carbocycles. The van der Waals surface area contributed by atoms with Gasteiger partial charge in [0.1, 0.15) is 11.6 Å². The summed E-state index contributed by atoms with van der Waals surface area (Å²) in [4.78, 5) is 10.8. The molecular weight excluding hydrogens is 297 g/mol. The topological polar surface area (TPSA) is 60.0 Å². The molecule has 0 bridgehead atoms. The summed E-state index contributed by atoms with van der Waals surface area (Å²) in [5, 5.41) is 0. The Balaban J connectivity index is 0.000001000. The highest BCUT2D eigenvalue weighted by Crippen LogP contribution is 2.27. The number of hydrogen-bond acceptors (Lipinski definition) is 4. The molecule has 1 atom stereocenters. The molecule has 5 nitrogen and oxygen atoms in total. The van der Waals surface area contributed by atoms with Crippen LogP contribution < -0.4 is 5.73 Å². The Morgan fingerprint density at radius 3 is 2.70 bits per heavy atom. The average Bonchev–Trinajstić information content (AvgIpc) is 2.96. The molecule has 0 spiro atoms. The van der Waals surface area contributed by atoms with Gasteiger partial charge in [-0.05, 0) is 32.1 Å². The van der Waals surface area contributed by atoms with E-state index in [-0.39, 0.29) is 24.8 Å². The zero-order chi connectivity index (χ0) is 12.5. The summed E-state index contributed by atoms with van der Waals surface area (Å²) in [7, 11) is 2.15. The summed E-state index contributed by atoms with van der Waals surface area (Å²) in [6, 6.07) is 4.33. The molecule has 1 saturated heterocycles. The molecule has 1 unspecified atom stereocenters. The predicted molar refractivity (Wildman–Crippen MR) is 85.5 cm³/mol. The number of nitrogens with two attached hydrogens (primary N) is 1. The lowest BCUT2D eigenvalue weighted by atomic mass is 10.2. The van der Waals surface area contributed by atoms with Gasteiger partial charge in [0.2, 0.25) is 0 Å². The maximum Gasteiger partial charge on any atom is 0.140 e. The lowest BCUT2D eigenvalue weighted by Crippen LogP contribution is -2.16. The number of likely N-dealkylation sites (tertiary alicyclic amines) is 1. The lowest BCUT2D eigenvalue weighted by molar-refractivity contribution is 0.393. The molecular formula is C13H19Cl2N5. The Morgan fingerprint density at radius 1 is 1.25 bits per heavy atom. The van der Waals surface area contributed by atoms with Crippen molar-refractivity contribution in [1.82, 2.24) is 19.4 Å². The van der Waals surface area contributed by atoms with Crippen LogP contribution in [0.15, 0.2) is 30.7 Å². The Morgan fingerprint density at radius 2 is 2.05 bits per heavy atom. The van der Waals surface area contributed by atoms with Crippen LogP contribution in [-0.2, 0) is 0 Å². The fourth-order valence-corrected chi connectivity index (χ4v) is 2.56. The molecule has 3 heterocycles. The fraction of sp³-hybridized carbons (Fsp3) is 0.385. The minimum absolute atomic E-state index is 0. The van der Waals surface area contributed by atoms with Gasteiger partial charge in [-0.15, -0.1) is 24.8 Å². The molecule has 1 aliphatic heterocycles. The first-order chi connectivity index (χ1) is 8.74. The summed E-state index contributed by atoms with van der Waals surface area (Å²) in [6.45, 7) is 2.21. The van der Waals surface area contributed by atoms with Gasteiger partial charge in [-0.3, -0.25) is 0 Å². The van der Waals surface area contributed by atoms with Crippen molar-refractivity contribution in [2.24, 2.45) is 0 Å². The van der Waals surface area contributed by atoms with Crippen molar-refractivity contribution in [3.8, 4) is 11.4 Å². The first-order valence-electron chi connectivity index (χ1n) is 6.17. The lowest BCUT2D eigenvalue weighted by Gasteiger charge is -2.15. The smallest absolute Gasteiger partial charge is 0.140 e. The van der Waals surface area contributed by atoms with Gasteiger partial charge < -0.3 is 15.2 Å². The number of anilines is 1. The van der Waals surface area contributed by atoms with Crippen molar-refractivity contribution in [2.75, 3.05) is 25.9 Å². The number of halogens is 2. The Hall–Kier alpha value is -1.30. The van der Waals surface area contributed by atoms with Crippen molar-refractivity contribution in [3.05, 3.63) is 30.7 Å². The SMILES string of the molecule is CN1CCC(n2ccnc2-c2ccnc(N)c2)C1.Cl.Cl. The van der Waals surface area contributed by atoms with Gasteiger partial charge in [-0.25, -0.2) is 9.97 Å². The van der Waals surface area contributed by atoms with Gasteiger partial charge in [0, 0.05) is 36.7 Å². The van der Waals surface area contributed by atoms with E-state index >= 15 is 0 Å². The van der Waals surface area contributed by atoms with Crippen LogP contribution in [0.4, 0.5) is 5.82 Å². The van der Waals surface area contributed by atoms with Crippen molar-refractivity contribution in [2.45, 2.75) is 12.5 Å². The Labute approximate surface area is 131 Å². The zero-order valence-electron chi connectivity index (χ0n) is 11.3. The molecule has 110 valence electrons. The van der Waals surface area contributed by atoms with E-state index in [2.05, 4.69) is 32.7 Å². The third-order valence-electron chi connectivity index (χ3n) is 3.47. The summed E-state index contributed by atoms with van der Waals surface area (Å²) < 4.78 is 2.25. The van der Waals surface area contributed by atoms with E-state index in [1.165, 1.54) is 6.42 Å². The summed E-state index contributed by atoms with van der Waals surface area (Å²) >= 11 is 0. The first kappa shape index (κ1) is 16.8. The minimum atomic E-state index is 0. The maximum absolute atomic E-state index is 5.73. The summed E-state index contributed by atoms with van der Waals surface area (Å²) in [6.07, 6.45) is 6.80. The third kappa shape index (κ3) is 3.23. The van der Waals surface area contributed by atoms with Crippen molar-refractivity contribution in [1.29, 1.82) is 0 Å². The molecule has 0 radical (unpaired) electrons. The molecule has 20 heavy (non-hydrogen) atoms. The molecule has 1 aliphatic rings. The van der Waals surface area contributed by atoms with Crippen LogP contribution >= 0.6 is 24.8 Å². The Bertz CT molecular complexity index is 557. The number of hydrogen-bond donors (Lipinski definition) is 1. The quantitative estimate of drug-likeness (QED) is 0.923. The zero-order valence-corrected chi connectivity index (χ0v) is 12.9. The molecule has 3 rings (SSSR count). The number of aromatic nitrogens is 3. The standard InChI is InChI=1S/C13H17N5.2ClH/c1-17-6-3-11(9-17)18-7-5-16-13(18)10-2-4-15-12(14)8-10;;/h2,4-5,7-8,11H,3,6,9H2,1H3,(H2,14,15);2*1H. The normalized spacial score (nSPS) is 18.4. The van der Waals surface area contributed by atoms with Gasteiger partial charge >= 0.3 is 0 Å². The second-order valence-electron chi connectivity index (χ2n) is 4.83. The van der Waals surface area contributed by atoms with Crippen LogP contribution in [-0.4, -0.2) is 39.6 Å². The number of likely N-dealkylation sites (N-methyl/N-ethyl adjacent to an activating group) is 1. The predicted octanol–water partition coefficient (Wildman–Crippen LogP) is 2.25. The number of rotatable bonds is 2. The molecule has 0 aliphatic carbocycles. The van der Waals surface area contributed by atoms with E-state index in [9.17, 15) is 0 Å². The molecule has 2 N–H and O–H groups in total.